The Morgan fingerprint density at radius 3 is 2.65 bits per heavy atom. The van der Waals surface area contributed by atoms with Gasteiger partial charge in [-0.1, -0.05) is 25.1 Å². The van der Waals surface area contributed by atoms with Crippen LogP contribution in [0.15, 0.2) is 57.7 Å². The molecule has 2 aromatic carbocycles. The van der Waals surface area contributed by atoms with E-state index in [-0.39, 0.29) is 17.6 Å². The molecule has 0 bridgehead atoms. The smallest absolute Gasteiger partial charge is 0.337 e. The molecule has 26 heavy (non-hydrogen) atoms. The molecule has 3 aromatic rings. The third-order valence-electron chi connectivity index (χ3n) is 3.98. The van der Waals surface area contributed by atoms with Gasteiger partial charge in [0, 0.05) is 23.2 Å². The molecule has 5 heteroatoms. The Kier molecular flexibility index (Phi) is 5.07. The quantitative estimate of drug-likeness (QED) is 0.692. The highest BCUT2D eigenvalue weighted by atomic mass is 16.5. The van der Waals surface area contributed by atoms with Crippen LogP contribution in [0.2, 0.25) is 0 Å². The van der Waals surface area contributed by atoms with Gasteiger partial charge < -0.3 is 14.5 Å². The van der Waals surface area contributed by atoms with Crippen LogP contribution in [0.3, 0.4) is 0 Å². The summed E-state index contributed by atoms with van der Waals surface area (Å²) >= 11 is 0. The summed E-state index contributed by atoms with van der Waals surface area (Å²) in [5.74, 6) is 0.242. The van der Waals surface area contributed by atoms with Crippen molar-refractivity contribution in [2.75, 3.05) is 5.32 Å². The second-order valence-electron chi connectivity index (χ2n) is 6.27. The molecule has 0 aliphatic rings. The first kappa shape index (κ1) is 17.7. The highest BCUT2D eigenvalue weighted by Gasteiger charge is 2.15. The van der Waals surface area contributed by atoms with Crippen LogP contribution in [0.5, 0.6) is 5.75 Å². The minimum atomic E-state index is -0.576. The Morgan fingerprint density at radius 2 is 1.92 bits per heavy atom. The van der Waals surface area contributed by atoms with Crippen molar-refractivity contribution in [1.82, 2.24) is 0 Å². The molecule has 1 N–H and O–H groups in total. The van der Waals surface area contributed by atoms with E-state index >= 15 is 0 Å². The van der Waals surface area contributed by atoms with E-state index in [1.54, 1.807) is 18.2 Å². The predicted molar refractivity (Wildman–Crippen MR) is 102 cm³/mol. The lowest BCUT2D eigenvalue weighted by molar-refractivity contribution is 0.102. The van der Waals surface area contributed by atoms with E-state index in [9.17, 15) is 9.59 Å². The van der Waals surface area contributed by atoms with Gasteiger partial charge in [-0.2, -0.15) is 0 Å². The monoisotopic (exact) mass is 351 g/mol. The molecule has 1 aromatic heterocycles. The maximum absolute atomic E-state index is 12.8. The van der Waals surface area contributed by atoms with Crippen LogP contribution in [0.25, 0.3) is 11.0 Å². The summed E-state index contributed by atoms with van der Waals surface area (Å²) in [5, 5.41) is 3.46. The maximum Gasteiger partial charge on any atom is 0.337 e. The lowest BCUT2D eigenvalue weighted by Gasteiger charge is -2.12. The van der Waals surface area contributed by atoms with Gasteiger partial charge in [-0.15, -0.1) is 0 Å². The first-order chi connectivity index (χ1) is 12.5. The van der Waals surface area contributed by atoms with Crippen LogP contribution in [-0.2, 0) is 6.42 Å². The highest BCUT2D eigenvalue weighted by Crippen LogP contribution is 2.25. The number of anilines is 1. The zero-order valence-corrected chi connectivity index (χ0v) is 15.0. The zero-order chi connectivity index (χ0) is 18.7. The topological polar surface area (TPSA) is 68.5 Å². The lowest BCUT2D eigenvalue weighted by atomic mass is 10.1. The van der Waals surface area contributed by atoms with Crippen LogP contribution in [0.1, 0.15) is 36.7 Å². The molecule has 0 spiro atoms. The van der Waals surface area contributed by atoms with Gasteiger partial charge in [0.25, 0.3) is 5.91 Å². The molecular weight excluding hydrogens is 330 g/mol. The number of rotatable bonds is 5. The number of aryl methyl sites for hydroxylation is 1. The third kappa shape index (κ3) is 3.77. The van der Waals surface area contributed by atoms with Gasteiger partial charge in [0.1, 0.15) is 11.3 Å². The molecule has 0 unspecified atom stereocenters. The molecular formula is C21H21NO4. The zero-order valence-electron chi connectivity index (χ0n) is 15.0. The van der Waals surface area contributed by atoms with E-state index in [2.05, 4.69) is 5.32 Å². The normalized spacial score (nSPS) is 10.9. The summed E-state index contributed by atoms with van der Waals surface area (Å²) in [6.07, 6.45) is 0.792. The van der Waals surface area contributed by atoms with E-state index in [1.807, 2.05) is 45.0 Å². The molecule has 0 fully saturated rings. The van der Waals surface area contributed by atoms with Crippen LogP contribution < -0.4 is 15.7 Å². The first-order valence-corrected chi connectivity index (χ1v) is 8.61. The van der Waals surface area contributed by atoms with Crippen molar-refractivity contribution < 1.29 is 13.9 Å². The van der Waals surface area contributed by atoms with Crippen LogP contribution in [0.4, 0.5) is 5.69 Å². The maximum atomic E-state index is 12.8. The largest absolute Gasteiger partial charge is 0.491 e. The molecule has 1 amide bonds. The fourth-order valence-electron chi connectivity index (χ4n) is 2.82. The van der Waals surface area contributed by atoms with E-state index in [0.29, 0.717) is 16.7 Å². The summed E-state index contributed by atoms with van der Waals surface area (Å²) in [6, 6.07) is 13.9. The standard InChI is InChI=1S/C21H21NO4/c1-4-14-7-5-6-8-18(14)22-21(24)17-12-20(23)26-19-11-15(25-13(2)3)9-10-16(17)19/h5-13H,4H2,1-3H3,(H,22,24). The average Bonchev–Trinajstić information content (AvgIpc) is 2.60. The Labute approximate surface area is 151 Å². The highest BCUT2D eigenvalue weighted by molar-refractivity contribution is 6.12. The number of hydrogen-bond donors (Lipinski definition) is 1. The van der Waals surface area contributed by atoms with Gasteiger partial charge in [-0.05, 0) is 44.0 Å². The molecule has 0 atom stereocenters. The van der Waals surface area contributed by atoms with Crippen molar-refractivity contribution >= 4 is 22.6 Å². The Bertz CT molecular complexity index is 1000. The van der Waals surface area contributed by atoms with E-state index < -0.39 is 5.63 Å². The molecule has 3 rings (SSSR count). The average molecular weight is 351 g/mol. The number of benzene rings is 2. The second kappa shape index (κ2) is 7.44. The number of para-hydroxylation sites is 1. The SMILES string of the molecule is CCc1ccccc1NC(=O)c1cc(=O)oc2cc(OC(C)C)ccc12. The number of ether oxygens (including phenoxy) is 1. The Morgan fingerprint density at radius 1 is 1.15 bits per heavy atom. The Balaban J connectivity index is 2.01. The van der Waals surface area contributed by atoms with Gasteiger partial charge in [-0.3, -0.25) is 4.79 Å². The van der Waals surface area contributed by atoms with Crippen LogP contribution >= 0.6 is 0 Å². The van der Waals surface area contributed by atoms with Crippen molar-refractivity contribution in [3.63, 3.8) is 0 Å². The van der Waals surface area contributed by atoms with E-state index in [0.717, 1.165) is 17.7 Å². The predicted octanol–water partition coefficient (Wildman–Crippen LogP) is 4.39. The first-order valence-electron chi connectivity index (χ1n) is 8.61. The minimum absolute atomic E-state index is 0.00352. The molecule has 0 aliphatic carbocycles. The number of fused-ring (bicyclic) bond motifs is 1. The van der Waals surface area contributed by atoms with Crippen molar-refractivity contribution in [3.05, 3.63) is 70.1 Å². The van der Waals surface area contributed by atoms with E-state index in [4.69, 9.17) is 9.15 Å². The van der Waals surface area contributed by atoms with Crippen LogP contribution in [-0.4, -0.2) is 12.0 Å². The fourth-order valence-corrected chi connectivity index (χ4v) is 2.82. The van der Waals surface area contributed by atoms with Gasteiger partial charge in [0.15, 0.2) is 0 Å². The number of hydrogen-bond acceptors (Lipinski definition) is 4. The molecule has 0 aliphatic heterocycles. The molecule has 0 saturated heterocycles. The summed E-state index contributed by atoms with van der Waals surface area (Å²) in [5.41, 5.74) is 1.79. The Hall–Kier alpha value is -3.08. The summed E-state index contributed by atoms with van der Waals surface area (Å²) in [7, 11) is 0. The van der Waals surface area contributed by atoms with Crippen molar-refractivity contribution in [3.8, 4) is 5.75 Å². The molecule has 5 nitrogen and oxygen atoms in total. The molecule has 134 valence electrons. The van der Waals surface area contributed by atoms with Crippen molar-refractivity contribution in [1.29, 1.82) is 0 Å². The lowest BCUT2D eigenvalue weighted by Crippen LogP contribution is -2.16. The molecule has 0 radical (unpaired) electrons. The van der Waals surface area contributed by atoms with Gasteiger partial charge in [0.05, 0.1) is 11.7 Å². The second-order valence-corrected chi connectivity index (χ2v) is 6.27. The number of nitrogens with one attached hydrogen (secondary N) is 1. The fraction of sp³-hybridized carbons (Fsp3) is 0.238. The number of carbonyl (C=O) groups excluding carboxylic acids is 1. The van der Waals surface area contributed by atoms with Crippen molar-refractivity contribution in [2.24, 2.45) is 0 Å². The van der Waals surface area contributed by atoms with Crippen LogP contribution in [0, 0.1) is 0 Å². The number of amides is 1. The minimum Gasteiger partial charge on any atom is -0.491 e. The third-order valence-corrected chi connectivity index (χ3v) is 3.98. The van der Waals surface area contributed by atoms with Gasteiger partial charge >= 0.3 is 5.63 Å². The summed E-state index contributed by atoms with van der Waals surface area (Å²) in [6.45, 7) is 5.85. The number of carbonyl (C=O) groups is 1. The summed E-state index contributed by atoms with van der Waals surface area (Å²) < 4.78 is 10.9. The molecule has 1 heterocycles. The van der Waals surface area contributed by atoms with Crippen molar-refractivity contribution in [2.45, 2.75) is 33.3 Å². The molecule has 0 saturated carbocycles. The summed E-state index contributed by atoms with van der Waals surface area (Å²) in [4.78, 5) is 24.7. The van der Waals surface area contributed by atoms with Gasteiger partial charge in [0.2, 0.25) is 0 Å². The van der Waals surface area contributed by atoms with E-state index in [1.165, 1.54) is 6.07 Å². The van der Waals surface area contributed by atoms with Gasteiger partial charge in [-0.25, -0.2) is 4.79 Å².